The van der Waals surface area contributed by atoms with Crippen LogP contribution in [0.4, 0.5) is 0 Å². The SMILES string of the molecule is CNCc1ccccc1S(=O)(=O)NCCCC1CC1. The molecule has 0 atom stereocenters. The number of sulfonamides is 1. The highest BCUT2D eigenvalue weighted by Gasteiger charge is 2.21. The summed E-state index contributed by atoms with van der Waals surface area (Å²) in [6, 6.07) is 7.13. The highest BCUT2D eigenvalue weighted by atomic mass is 32.2. The van der Waals surface area contributed by atoms with E-state index in [1.807, 2.05) is 19.2 Å². The lowest BCUT2D eigenvalue weighted by Crippen LogP contribution is -2.26. The predicted molar refractivity (Wildman–Crippen MR) is 76.4 cm³/mol. The van der Waals surface area contributed by atoms with E-state index in [4.69, 9.17) is 0 Å². The Morgan fingerprint density at radius 2 is 2.00 bits per heavy atom. The second kappa shape index (κ2) is 6.50. The van der Waals surface area contributed by atoms with Gasteiger partial charge in [0.15, 0.2) is 0 Å². The molecule has 1 saturated carbocycles. The van der Waals surface area contributed by atoms with Crippen molar-refractivity contribution in [2.45, 2.75) is 37.1 Å². The van der Waals surface area contributed by atoms with E-state index in [9.17, 15) is 8.42 Å². The molecule has 19 heavy (non-hydrogen) atoms. The minimum Gasteiger partial charge on any atom is -0.316 e. The largest absolute Gasteiger partial charge is 0.316 e. The fraction of sp³-hybridized carbons (Fsp3) is 0.571. The third-order valence-electron chi connectivity index (χ3n) is 3.41. The fourth-order valence-electron chi connectivity index (χ4n) is 2.18. The fourth-order valence-corrected chi connectivity index (χ4v) is 3.50. The Balaban J connectivity index is 1.96. The summed E-state index contributed by atoms with van der Waals surface area (Å²) in [4.78, 5) is 0.385. The second-order valence-electron chi connectivity index (χ2n) is 5.12. The molecular weight excluding hydrogens is 260 g/mol. The van der Waals surface area contributed by atoms with Gasteiger partial charge in [-0.25, -0.2) is 13.1 Å². The number of hydrogen-bond donors (Lipinski definition) is 2. The molecule has 1 fully saturated rings. The van der Waals surface area contributed by atoms with Crippen LogP contribution in [0.2, 0.25) is 0 Å². The first-order valence-corrected chi connectivity index (χ1v) is 8.34. The van der Waals surface area contributed by atoms with Gasteiger partial charge >= 0.3 is 0 Å². The van der Waals surface area contributed by atoms with Gasteiger partial charge in [-0.2, -0.15) is 0 Å². The van der Waals surface area contributed by atoms with Crippen molar-refractivity contribution in [3.8, 4) is 0 Å². The molecule has 106 valence electrons. The van der Waals surface area contributed by atoms with E-state index in [0.717, 1.165) is 24.3 Å². The Bertz CT molecular complexity index is 510. The average Bonchev–Trinajstić information content (AvgIpc) is 3.20. The molecule has 5 heteroatoms. The second-order valence-corrected chi connectivity index (χ2v) is 6.86. The summed E-state index contributed by atoms with van der Waals surface area (Å²) < 4.78 is 27.2. The van der Waals surface area contributed by atoms with Crippen molar-refractivity contribution < 1.29 is 8.42 Å². The van der Waals surface area contributed by atoms with Crippen LogP contribution in [0.25, 0.3) is 0 Å². The zero-order valence-corrected chi connectivity index (χ0v) is 12.2. The highest BCUT2D eigenvalue weighted by molar-refractivity contribution is 7.89. The van der Waals surface area contributed by atoms with E-state index in [-0.39, 0.29) is 0 Å². The average molecular weight is 282 g/mol. The topological polar surface area (TPSA) is 58.2 Å². The van der Waals surface area contributed by atoms with Gasteiger partial charge in [-0.3, -0.25) is 0 Å². The maximum absolute atomic E-state index is 12.2. The summed E-state index contributed by atoms with van der Waals surface area (Å²) in [6.07, 6.45) is 4.70. The molecule has 1 aromatic carbocycles. The van der Waals surface area contributed by atoms with Crippen molar-refractivity contribution in [1.29, 1.82) is 0 Å². The monoisotopic (exact) mass is 282 g/mol. The van der Waals surface area contributed by atoms with E-state index in [1.165, 1.54) is 12.8 Å². The van der Waals surface area contributed by atoms with Crippen LogP contribution in [0.15, 0.2) is 29.2 Å². The van der Waals surface area contributed by atoms with E-state index < -0.39 is 10.0 Å². The van der Waals surface area contributed by atoms with Gasteiger partial charge in [-0.05, 0) is 37.4 Å². The van der Waals surface area contributed by atoms with Crippen LogP contribution in [0, 0.1) is 5.92 Å². The number of benzene rings is 1. The van der Waals surface area contributed by atoms with Crippen LogP contribution in [-0.4, -0.2) is 22.0 Å². The van der Waals surface area contributed by atoms with Crippen LogP contribution in [0.5, 0.6) is 0 Å². The quantitative estimate of drug-likeness (QED) is 0.716. The van der Waals surface area contributed by atoms with Gasteiger partial charge < -0.3 is 5.32 Å². The lowest BCUT2D eigenvalue weighted by atomic mass is 10.2. The van der Waals surface area contributed by atoms with Gasteiger partial charge in [0, 0.05) is 13.1 Å². The first-order chi connectivity index (χ1) is 9.13. The molecule has 0 amide bonds. The van der Waals surface area contributed by atoms with Crippen molar-refractivity contribution in [1.82, 2.24) is 10.0 Å². The first kappa shape index (κ1) is 14.5. The summed E-state index contributed by atoms with van der Waals surface area (Å²) >= 11 is 0. The molecule has 4 nitrogen and oxygen atoms in total. The maximum atomic E-state index is 12.2. The Hall–Kier alpha value is -0.910. The molecule has 2 rings (SSSR count). The lowest BCUT2D eigenvalue weighted by molar-refractivity contribution is 0.571. The zero-order valence-electron chi connectivity index (χ0n) is 11.4. The molecule has 0 aliphatic heterocycles. The summed E-state index contributed by atoms with van der Waals surface area (Å²) in [5, 5.41) is 2.99. The molecule has 0 radical (unpaired) electrons. The number of rotatable bonds is 8. The minimum absolute atomic E-state index is 0.385. The minimum atomic E-state index is -3.38. The van der Waals surface area contributed by atoms with Gasteiger partial charge in [0.1, 0.15) is 0 Å². The van der Waals surface area contributed by atoms with Gasteiger partial charge in [0.25, 0.3) is 0 Å². The van der Waals surface area contributed by atoms with Gasteiger partial charge in [0.2, 0.25) is 10.0 Å². The van der Waals surface area contributed by atoms with Gasteiger partial charge in [-0.1, -0.05) is 31.0 Å². The van der Waals surface area contributed by atoms with Crippen molar-refractivity contribution in [3.05, 3.63) is 29.8 Å². The van der Waals surface area contributed by atoms with E-state index in [1.54, 1.807) is 12.1 Å². The molecule has 0 aromatic heterocycles. The maximum Gasteiger partial charge on any atom is 0.240 e. The third-order valence-corrected chi connectivity index (χ3v) is 4.97. The molecule has 2 N–H and O–H groups in total. The molecule has 1 aliphatic rings. The van der Waals surface area contributed by atoms with Crippen molar-refractivity contribution in [2.24, 2.45) is 5.92 Å². The normalized spacial score (nSPS) is 15.6. The molecule has 0 heterocycles. The Morgan fingerprint density at radius 3 is 2.68 bits per heavy atom. The van der Waals surface area contributed by atoms with Crippen molar-refractivity contribution in [3.63, 3.8) is 0 Å². The Labute approximate surface area is 115 Å². The smallest absolute Gasteiger partial charge is 0.240 e. The van der Waals surface area contributed by atoms with E-state index in [2.05, 4.69) is 10.0 Å². The molecule has 0 bridgehead atoms. The van der Waals surface area contributed by atoms with Crippen LogP contribution in [-0.2, 0) is 16.6 Å². The molecule has 0 saturated heterocycles. The Kier molecular flexibility index (Phi) is 4.96. The summed E-state index contributed by atoms with van der Waals surface area (Å²) in [5.41, 5.74) is 0.805. The molecule has 0 unspecified atom stereocenters. The van der Waals surface area contributed by atoms with Crippen molar-refractivity contribution >= 4 is 10.0 Å². The standard InChI is InChI=1S/C14H22N2O2S/c1-15-11-13-6-2-3-7-14(13)19(17,18)16-10-4-5-12-8-9-12/h2-3,6-7,12,15-16H,4-5,8-11H2,1H3. The predicted octanol–water partition coefficient (Wildman–Crippen LogP) is 1.87. The molecular formula is C14H22N2O2S. The van der Waals surface area contributed by atoms with Crippen LogP contribution in [0.1, 0.15) is 31.2 Å². The number of nitrogens with one attached hydrogen (secondary N) is 2. The van der Waals surface area contributed by atoms with Gasteiger partial charge in [-0.15, -0.1) is 0 Å². The van der Waals surface area contributed by atoms with E-state index >= 15 is 0 Å². The highest BCUT2D eigenvalue weighted by Crippen LogP contribution is 2.33. The molecule has 1 aliphatic carbocycles. The first-order valence-electron chi connectivity index (χ1n) is 6.85. The summed E-state index contributed by atoms with van der Waals surface area (Å²) in [7, 11) is -1.57. The van der Waals surface area contributed by atoms with Gasteiger partial charge in [0.05, 0.1) is 4.90 Å². The van der Waals surface area contributed by atoms with Crippen LogP contribution >= 0.6 is 0 Å². The molecule has 1 aromatic rings. The van der Waals surface area contributed by atoms with Crippen LogP contribution < -0.4 is 10.0 Å². The van der Waals surface area contributed by atoms with Crippen molar-refractivity contribution in [2.75, 3.05) is 13.6 Å². The van der Waals surface area contributed by atoms with Crippen LogP contribution in [0.3, 0.4) is 0 Å². The zero-order chi connectivity index (χ0) is 13.7. The van der Waals surface area contributed by atoms with E-state index in [0.29, 0.717) is 18.0 Å². The summed E-state index contributed by atoms with van der Waals surface area (Å²) in [5.74, 6) is 0.848. The molecule has 0 spiro atoms. The third kappa shape index (κ3) is 4.30. The Morgan fingerprint density at radius 1 is 1.26 bits per heavy atom. The summed E-state index contributed by atoms with van der Waals surface area (Å²) in [6.45, 7) is 1.09. The lowest BCUT2D eigenvalue weighted by Gasteiger charge is -2.11. The number of hydrogen-bond acceptors (Lipinski definition) is 3.